The lowest BCUT2D eigenvalue weighted by molar-refractivity contribution is -0.137. The van der Waals surface area contributed by atoms with Gasteiger partial charge in [-0.3, -0.25) is 14.3 Å². The highest BCUT2D eigenvalue weighted by atomic mass is 16.5. The Labute approximate surface area is 226 Å². The van der Waals surface area contributed by atoms with Gasteiger partial charge in [0.2, 0.25) is 5.91 Å². The number of rotatable bonds is 9. The summed E-state index contributed by atoms with van der Waals surface area (Å²) in [6.07, 6.45) is 5.88. The topological polar surface area (TPSA) is 110 Å². The number of hydrogen-bond donors (Lipinski definition) is 2. The van der Waals surface area contributed by atoms with Gasteiger partial charge in [-0.1, -0.05) is 18.2 Å². The van der Waals surface area contributed by atoms with Gasteiger partial charge in [-0.25, -0.2) is 4.98 Å². The Kier molecular flexibility index (Phi) is 6.87. The molecule has 0 spiro atoms. The van der Waals surface area contributed by atoms with Gasteiger partial charge >= 0.3 is 5.97 Å². The Hall–Kier alpha value is -4.40. The van der Waals surface area contributed by atoms with Crippen LogP contribution in [0.2, 0.25) is 0 Å². The van der Waals surface area contributed by atoms with Crippen molar-refractivity contribution in [2.24, 2.45) is 0 Å². The maximum atomic E-state index is 12.3. The van der Waals surface area contributed by atoms with Gasteiger partial charge in [0.1, 0.15) is 11.6 Å². The Morgan fingerprint density at radius 1 is 1.10 bits per heavy atom. The summed E-state index contributed by atoms with van der Waals surface area (Å²) in [5, 5.41) is 18.5. The van der Waals surface area contributed by atoms with Crippen LogP contribution in [-0.2, 0) is 22.4 Å². The second-order valence-corrected chi connectivity index (χ2v) is 10.1. The van der Waals surface area contributed by atoms with Crippen molar-refractivity contribution in [2.45, 2.75) is 44.6 Å². The molecule has 4 aromatic rings. The van der Waals surface area contributed by atoms with Gasteiger partial charge in [0, 0.05) is 42.7 Å². The van der Waals surface area contributed by atoms with E-state index in [1.165, 1.54) is 5.56 Å². The van der Waals surface area contributed by atoms with Gasteiger partial charge in [0.15, 0.2) is 0 Å². The molecule has 1 saturated heterocycles. The first-order valence-electron chi connectivity index (χ1n) is 13.5. The zero-order valence-electron chi connectivity index (χ0n) is 21.7. The summed E-state index contributed by atoms with van der Waals surface area (Å²) < 4.78 is 7.79. The highest BCUT2D eigenvalue weighted by Crippen LogP contribution is 2.31. The summed E-state index contributed by atoms with van der Waals surface area (Å²) in [7, 11) is 0. The molecule has 4 heterocycles. The SMILES string of the molecule is O=C(O)CC(c1cccc(N2CCCC2=O)c1)n1ncc2cc(OCCc3ccc4c(n3)NCCC4)ccc21. The summed E-state index contributed by atoms with van der Waals surface area (Å²) in [5.41, 5.74) is 4.67. The first-order chi connectivity index (χ1) is 19.0. The molecule has 2 aromatic carbocycles. The molecule has 2 aliphatic rings. The van der Waals surface area contributed by atoms with E-state index in [2.05, 4.69) is 22.5 Å². The normalized spacial score (nSPS) is 15.7. The molecular weight excluding hydrogens is 494 g/mol. The number of aromatic nitrogens is 3. The number of benzene rings is 2. The Morgan fingerprint density at radius 2 is 2.03 bits per heavy atom. The minimum Gasteiger partial charge on any atom is -0.493 e. The van der Waals surface area contributed by atoms with Crippen molar-refractivity contribution in [2.75, 3.05) is 29.9 Å². The van der Waals surface area contributed by atoms with Crippen LogP contribution in [-0.4, -0.2) is 51.4 Å². The van der Waals surface area contributed by atoms with E-state index >= 15 is 0 Å². The van der Waals surface area contributed by atoms with Crippen LogP contribution in [0.15, 0.2) is 60.8 Å². The third-order valence-corrected chi connectivity index (χ3v) is 7.45. The highest BCUT2D eigenvalue weighted by molar-refractivity contribution is 5.95. The van der Waals surface area contributed by atoms with Gasteiger partial charge in [0.25, 0.3) is 0 Å². The third-order valence-electron chi connectivity index (χ3n) is 7.45. The van der Waals surface area contributed by atoms with Gasteiger partial charge in [-0.15, -0.1) is 0 Å². The van der Waals surface area contributed by atoms with Gasteiger partial charge in [-0.05, 0) is 66.8 Å². The van der Waals surface area contributed by atoms with E-state index in [4.69, 9.17) is 9.72 Å². The number of fused-ring (bicyclic) bond motifs is 2. The maximum Gasteiger partial charge on any atom is 0.305 e. The lowest BCUT2D eigenvalue weighted by atomic mass is 10.0. The van der Waals surface area contributed by atoms with E-state index in [0.29, 0.717) is 26.0 Å². The maximum absolute atomic E-state index is 12.3. The van der Waals surface area contributed by atoms with Crippen molar-refractivity contribution >= 4 is 34.3 Å². The van der Waals surface area contributed by atoms with Crippen LogP contribution in [0, 0.1) is 0 Å². The zero-order chi connectivity index (χ0) is 26.8. The molecule has 2 aliphatic heterocycles. The number of carboxylic acid groups (broad SMARTS) is 1. The fraction of sp³-hybridized carbons (Fsp3) is 0.333. The number of ether oxygens (including phenoxy) is 1. The van der Waals surface area contributed by atoms with Crippen LogP contribution in [0.3, 0.4) is 0 Å². The van der Waals surface area contributed by atoms with E-state index in [0.717, 1.165) is 65.2 Å². The van der Waals surface area contributed by atoms with Crippen LogP contribution < -0.4 is 15.0 Å². The number of anilines is 2. The third kappa shape index (κ3) is 5.30. The summed E-state index contributed by atoms with van der Waals surface area (Å²) in [6.45, 7) is 2.14. The second kappa shape index (κ2) is 10.8. The monoisotopic (exact) mass is 525 g/mol. The predicted molar refractivity (Wildman–Crippen MR) is 148 cm³/mol. The predicted octanol–water partition coefficient (Wildman–Crippen LogP) is 4.60. The first kappa shape index (κ1) is 24.9. The van der Waals surface area contributed by atoms with Crippen LogP contribution in [0.25, 0.3) is 10.9 Å². The molecule has 1 atom stereocenters. The lowest BCUT2D eigenvalue weighted by Gasteiger charge is -2.21. The van der Waals surface area contributed by atoms with E-state index in [9.17, 15) is 14.7 Å². The van der Waals surface area contributed by atoms with E-state index in [1.54, 1.807) is 15.8 Å². The molecule has 1 amide bonds. The molecule has 6 rings (SSSR count). The smallest absolute Gasteiger partial charge is 0.305 e. The number of nitrogens with one attached hydrogen (secondary N) is 1. The second-order valence-electron chi connectivity index (χ2n) is 10.1. The summed E-state index contributed by atoms with van der Waals surface area (Å²) in [4.78, 5) is 30.6. The van der Waals surface area contributed by atoms with Crippen LogP contribution in [0.4, 0.5) is 11.5 Å². The molecule has 0 radical (unpaired) electrons. The number of aliphatic carboxylic acids is 1. The van der Waals surface area contributed by atoms with Crippen molar-refractivity contribution < 1.29 is 19.4 Å². The molecule has 9 nitrogen and oxygen atoms in total. The number of carbonyl (C=O) groups is 2. The van der Waals surface area contributed by atoms with Crippen LogP contribution in [0.1, 0.15) is 48.5 Å². The fourth-order valence-electron chi connectivity index (χ4n) is 5.48. The van der Waals surface area contributed by atoms with Gasteiger partial charge in [0.05, 0.1) is 30.8 Å². The van der Waals surface area contributed by atoms with Gasteiger partial charge < -0.3 is 20.1 Å². The zero-order valence-corrected chi connectivity index (χ0v) is 21.7. The Morgan fingerprint density at radius 3 is 2.87 bits per heavy atom. The molecule has 0 bridgehead atoms. The van der Waals surface area contributed by atoms with Crippen LogP contribution in [0.5, 0.6) is 5.75 Å². The van der Waals surface area contributed by atoms with Gasteiger partial charge in [-0.2, -0.15) is 5.10 Å². The summed E-state index contributed by atoms with van der Waals surface area (Å²) >= 11 is 0. The first-order valence-corrected chi connectivity index (χ1v) is 13.5. The number of pyridine rings is 1. The van der Waals surface area contributed by atoms with E-state index < -0.39 is 12.0 Å². The summed E-state index contributed by atoms with van der Waals surface area (Å²) in [6, 6.07) is 17.0. The van der Waals surface area contributed by atoms with Crippen molar-refractivity contribution in [1.29, 1.82) is 0 Å². The largest absolute Gasteiger partial charge is 0.493 e. The molecule has 39 heavy (non-hydrogen) atoms. The average molecular weight is 526 g/mol. The molecule has 9 heteroatoms. The average Bonchev–Trinajstić information content (AvgIpc) is 3.57. The lowest BCUT2D eigenvalue weighted by Crippen LogP contribution is -2.24. The van der Waals surface area contributed by atoms with Crippen LogP contribution >= 0.6 is 0 Å². The molecule has 1 fully saturated rings. The molecule has 200 valence electrons. The number of amides is 1. The molecule has 2 N–H and O–H groups in total. The fourth-order valence-corrected chi connectivity index (χ4v) is 5.48. The van der Waals surface area contributed by atoms with E-state index in [1.807, 2.05) is 42.5 Å². The highest BCUT2D eigenvalue weighted by Gasteiger charge is 2.25. The molecule has 0 aliphatic carbocycles. The molecule has 0 saturated carbocycles. The van der Waals surface area contributed by atoms with Crippen molar-refractivity contribution in [1.82, 2.24) is 14.8 Å². The van der Waals surface area contributed by atoms with Crippen molar-refractivity contribution in [3.63, 3.8) is 0 Å². The number of carboxylic acids is 1. The number of nitrogens with zero attached hydrogens (tertiary/aromatic N) is 4. The Bertz CT molecular complexity index is 1530. The van der Waals surface area contributed by atoms with Crippen molar-refractivity contribution in [3.05, 3.63) is 77.6 Å². The standard InChI is InChI=1S/C30H31N5O4/c36-28-7-3-14-34(28)24-6-1-4-21(16-24)27(18-29(37)38)35-26-11-10-25(17-22(26)19-32-35)39-15-12-23-9-8-20-5-2-13-31-30(20)33-23/h1,4,6,8-11,16-17,19,27H,2-3,5,7,12-15,18H2,(H,31,33)(H,37,38). The summed E-state index contributed by atoms with van der Waals surface area (Å²) in [5.74, 6) is 0.888. The minimum absolute atomic E-state index is 0.0954. The van der Waals surface area contributed by atoms with Crippen molar-refractivity contribution in [3.8, 4) is 5.75 Å². The number of aryl methyl sites for hydroxylation is 1. The molecule has 1 unspecified atom stereocenters. The number of hydrogen-bond acceptors (Lipinski definition) is 6. The number of carbonyl (C=O) groups excluding carboxylic acids is 1. The quantitative estimate of drug-likeness (QED) is 0.329. The van der Waals surface area contributed by atoms with E-state index in [-0.39, 0.29) is 12.3 Å². The molecule has 2 aromatic heterocycles. The Balaban J connectivity index is 1.19. The minimum atomic E-state index is -0.919. The molecular formula is C30H31N5O4.